The number of benzene rings is 2. The zero-order valence-corrected chi connectivity index (χ0v) is 20.8. The first-order valence-electron chi connectivity index (χ1n) is 12.4. The molecule has 0 spiro atoms. The van der Waals surface area contributed by atoms with Crippen molar-refractivity contribution in [2.45, 2.75) is 51.7 Å². The summed E-state index contributed by atoms with van der Waals surface area (Å²) in [4.78, 5) is 31.5. The van der Waals surface area contributed by atoms with Crippen molar-refractivity contribution in [3.05, 3.63) is 65.9 Å². The number of amides is 2. The van der Waals surface area contributed by atoms with Crippen LogP contribution in [0.15, 0.2) is 54.7 Å². The van der Waals surface area contributed by atoms with Crippen molar-refractivity contribution >= 4 is 22.7 Å². The van der Waals surface area contributed by atoms with E-state index in [4.69, 9.17) is 4.74 Å². The lowest BCUT2D eigenvalue weighted by atomic mass is 10.0. The second-order valence-electron chi connectivity index (χ2n) is 9.65. The van der Waals surface area contributed by atoms with Crippen molar-refractivity contribution in [3.63, 3.8) is 0 Å². The molecule has 0 bridgehead atoms. The van der Waals surface area contributed by atoms with Gasteiger partial charge in [0.2, 0.25) is 11.8 Å². The number of likely N-dealkylation sites (tertiary alicyclic amines) is 1. The van der Waals surface area contributed by atoms with Gasteiger partial charge in [0, 0.05) is 60.7 Å². The molecule has 1 aliphatic rings. The molecule has 2 aromatic carbocycles. The van der Waals surface area contributed by atoms with Gasteiger partial charge in [-0.15, -0.1) is 0 Å². The molecule has 1 aromatic heterocycles. The van der Waals surface area contributed by atoms with E-state index < -0.39 is 6.04 Å². The fraction of sp³-hybridized carbons (Fsp3) is 0.429. The van der Waals surface area contributed by atoms with Crippen LogP contribution in [0.5, 0.6) is 5.75 Å². The lowest BCUT2D eigenvalue weighted by Gasteiger charge is -2.33. The lowest BCUT2D eigenvalue weighted by molar-refractivity contribution is -0.131. The van der Waals surface area contributed by atoms with Crippen molar-refractivity contribution in [2.24, 2.45) is 5.92 Å². The van der Waals surface area contributed by atoms with Crippen molar-refractivity contribution in [1.82, 2.24) is 20.5 Å². The summed E-state index contributed by atoms with van der Waals surface area (Å²) in [5.74, 6) is 0.486. The number of methoxy groups -OCH3 is 1. The molecule has 1 fully saturated rings. The van der Waals surface area contributed by atoms with Gasteiger partial charge in [0.15, 0.2) is 0 Å². The summed E-state index contributed by atoms with van der Waals surface area (Å²) in [6.45, 7) is 6.31. The Labute approximate surface area is 207 Å². The summed E-state index contributed by atoms with van der Waals surface area (Å²) in [6, 6.07) is 15.6. The molecule has 2 heterocycles. The average molecular weight is 477 g/mol. The van der Waals surface area contributed by atoms with E-state index in [1.54, 1.807) is 7.11 Å². The predicted octanol–water partition coefficient (Wildman–Crippen LogP) is 3.64. The number of nitrogens with zero attached hydrogens (tertiary/aromatic N) is 1. The van der Waals surface area contributed by atoms with Crippen molar-refractivity contribution in [2.75, 3.05) is 20.2 Å². The number of aromatic amines is 1. The van der Waals surface area contributed by atoms with Crippen molar-refractivity contribution < 1.29 is 14.3 Å². The van der Waals surface area contributed by atoms with Gasteiger partial charge >= 0.3 is 0 Å². The van der Waals surface area contributed by atoms with Gasteiger partial charge in [-0.3, -0.25) is 14.5 Å². The van der Waals surface area contributed by atoms with E-state index in [1.165, 1.54) is 5.56 Å². The zero-order valence-electron chi connectivity index (χ0n) is 20.8. The van der Waals surface area contributed by atoms with Crippen LogP contribution in [0, 0.1) is 5.92 Å². The van der Waals surface area contributed by atoms with Crippen LogP contribution < -0.4 is 15.4 Å². The Morgan fingerprint density at radius 3 is 2.49 bits per heavy atom. The summed E-state index contributed by atoms with van der Waals surface area (Å²) in [5, 5.41) is 7.27. The molecule has 1 unspecified atom stereocenters. The first-order chi connectivity index (χ1) is 16.9. The van der Waals surface area contributed by atoms with E-state index >= 15 is 0 Å². The molecule has 1 aliphatic heterocycles. The number of aromatic nitrogens is 1. The number of nitrogens with one attached hydrogen (secondary N) is 3. The second-order valence-corrected chi connectivity index (χ2v) is 9.65. The van der Waals surface area contributed by atoms with Gasteiger partial charge in [0.05, 0.1) is 7.11 Å². The maximum absolute atomic E-state index is 13.3. The van der Waals surface area contributed by atoms with Crippen molar-refractivity contribution in [3.8, 4) is 5.75 Å². The smallest absolute Gasteiger partial charge is 0.243 e. The third-order valence-electron chi connectivity index (χ3n) is 6.78. The third-order valence-corrected chi connectivity index (χ3v) is 6.78. The maximum Gasteiger partial charge on any atom is 0.243 e. The molecule has 3 aromatic rings. The normalized spacial score (nSPS) is 15.8. The van der Waals surface area contributed by atoms with Crippen LogP contribution in [0.25, 0.3) is 10.9 Å². The topological polar surface area (TPSA) is 86.5 Å². The largest absolute Gasteiger partial charge is 0.496 e. The van der Waals surface area contributed by atoms with Crippen LogP contribution in [0.1, 0.15) is 37.8 Å². The maximum atomic E-state index is 13.3. The highest BCUT2D eigenvalue weighted by Crippen LogP contribution is 2.22. The third kappa shape index (κ3) is 6.22. The standard InChI is InChI=1S/C28H36N4O3/c1-19(2)27(33)31-25(16-21-17-29-24-10-6-5-9-23(21)24)28(34)30-22-12-14-32(15-13-22)18-20-8-4-7-11-26(20)35-3/h4-11,17,19,22,25,29H,12-16,18H2,1-3H3,(H,30,34)(H,31,33). The molecule has 4 rings (SSSR count). The summed E-state index contributed by atoms with van der Waals surface area (Å²) in [5.41, 5.74) is 3.23. The lowest BCUT2D eigenvalue weighted by Crippen LogP contribution is -2.53. The van der Waals surface area contributed by atoms with Crippen molar-refractivity contribution in [1.29, 1.82) is 0 Å². The molecule has 7 heteroatoms. The molecule has 0 saturated carbocycles. The van der Waals surface area contributed by atoms with Gasteiger partial charge in [-0.25, -0.2) is 0 Å². The SMILES string of the molecule is COc1ccccc1CN1CCC(NC(=O)C(Cc2c[nH]c3ccccc23)NC(=O)C(C)C)CC1. The zero-order chi connectivity index (χ0) is 24.8. The molecular weight excluding hydrogens is 440 g/mol. The summed E-state index contributed by atoms with van der Waals surface area (Å²) in [6.07, 6.45) is 4.13. The Hall–Kier alpha value is -3.32. The minimum atomic E-state index is -0.615. The molecule has 35 heavy (non-hydrogen) atoms. The summed E-state index contributed by atoms with van der Waals surface area (Å²) < 4.78 is 5.48. The van der Waals surface area contributed by atoms with Crippen LogP contribution in [-0.2, 0) is 22.6 Å². The summed E-state index contributed by atoms with van der Waals surface area (Å²) in [7, 11) is 1.70. The predicted molar refractivity (Wildman–Crippen MR) is 138 cm³/mol. The molecule has 1 saturated heterocycles. The fourth-order valence-corrected chi connectivity index (χ4v) is 4.68. The van der Waals surface area contributed by atoms with E-state index in [1.807, 2.05) is 62.5 Å². The van der Waals surface area contributed by atoms with Gasteiger partial charge in [0.1, 0.15) is 11.8 Å². The highest BCUT2D eigenvalue weighted by molar-refractivity contribution is 5.90. The highest BCUT2D eigenvalue weighted by Gasteiger charge is 2.27. The molecule has 0 radical (unpaired) electrons. The first kappa shape index (κ1) is 24.8. The van der Waals surface area contributed by atoms with Gasteiger partial charge in [-0.1, -0.05) is 50.2 Å². The quantitative estimate of drug-likeness (QED) is 0.440. The number of para-hydroxylation sites is 2. The van der Waals surface area contributed by atoms with Gasteiger partial charge in [-0.2, -0.15) is 0 Å². The van der Waals surface area contributed by atoms with E-state index in [2.05, 4.69) is 26.6 Å². The molecular formula is C28H36N4O3. The molecule has 0 aliphatic carbocycles. The molecule has 2 amide bonds. The highest BCUT2D eigenvalue weighted by atomic mass is 16.5. The van der Waals surface area contributed by atoms with Crippen LogP contribution >= 0.6 is 0 Å². The second kappa shape index (κ2) is 11.4. The van der Waals surface area contributed by atoms with E-state index in [-0.39, 0.29) is 23.8 Å². The molecule has 1 atom stereocenters. The van der Waals surface area contributed by atoms with E-state index in [0.717, 1.165) is 54.7 Å². The van der Waals surface area contributed by atoms with Crippen LogP contribution in [0.2, 0.25) is 0 Å². The summed E-state index contributed by atoms with van der Waals surface area (Å²) >= 11 is 0. The van der Waals surface area contributed by atoms with Crippen LogP contribution in [0.4, 0.5) is 0 Å². The number of piperidine rings is 1. The van der Waals surface area contributed by atoms with Crippen LogP contribution in [-0.4, -0.2) is 54.0 Å². The fourth-order valence-electron chi connectivity index (χ4n) is 4.68. The van der Waals surface area contributed by atoms with Crippen LogP contribution in [0.3, 0.4) is 0 Å². The minimum Gasteiger partial charge on any atom is -0.496 e. The number of hydrogen-bond donors (Lipinski definition) is 3. The number of carbonyl (C=O) groups excluding carboxylic acids is 2. The first-order valence-corrected chi connectivity index (χ1v) is 12.4. The number of fused-ring (bicyclic) bond motifs is 1. The van der Waals surface area contributed by atoms with Gasteiger partial charge < -0.3 is 20.4 Å². The van der Waals surface area contributed by atoms with Gasteiger partial charge in [0.25, 0.3) is 0 Å². The van der Waals surface area contributed by atoms with E-state index in [0.29, 0.717) is 6.42 Å². The monoisotopic (exact) mass is 476 g/mol. The number of hydrogen-bond acceptors (Lipinski definition) is 4. The Bertz CT molecular complexity index is 1150. The van der Waals surface area contributed by atoms with Gasteiger partial charge in [-0.05, 0) is 30.5 Å². The molecule has 186 valence electrons. The molecule has 7 nitrogen and oxygen atoms in total. The Kier molecular flexibility index (Phi) is 8.08. The molecule has 3 N–H and O–H groups in total. The number of ether oxygens (including phenoxy) is 1. The average Bonchev–Trinajstić information content (AvgIpc) is 3.27. The van der Waals surface area contributed by atoms with E-state index in [9.17, 15) is 9.59 Å². The number of H-pyrrole nitrogens is 1. The minimum absolute atomic E-state index is 0.0952. The number of rotatable bonds is 9. The number of carbonyl (C=O) groups is 2. The Morgan fingerprint density at radius 1 is 1.03 bits per heavy atom. The Balaban J connectivity index is 1.37. The Morgan fingerprint density at radius 2 is 1.74 bits per heavy atom.